The molecule has 0 radical (unpaired) electrons. The molecule has 122 valence electrons. The van der Waals surface area contributed by atoms with E-state index in [1.807, 2.05) is 13.0 Å². The van der Waals surface area contributed by atoms with Gasteiger partial charge in [0.1, 0.15) is 0 Å². The van der Waals surface area contributed by atoms with Crippen LogP contribution in [0, 0.1) is 6.92 Å². The van der Waals surface area contributed by atoms with Crippen LogP contribution in [0.2, 0.25) is 5.02 Å². The molecule has 8 heteroatoms. The number of nitrogens with one attached hydrogen (secondary N) is 2. The van der Waals surface area contributed by atoms with E-state index in [1.165, 1.54) is 10.6 Å². The standard InChI is InChI=1S/C14H20ClN3O3S/c1-10-5-6-11(8-13(10)15)16-14(19)17-12-4-3-7-18(9-12)22(2,20)21/h5-6,8,12H,3-4,7,9H2,1-2H3,(H2,16,17,19)/t12-/m1/s1. The Morgan fingerprint density at radius 2 is 2.14 bits per heavy atom. The molecule has 2 N–H and O–H groups in total. The van der Waals surface area contributed by atoms with Gasteiger partial charge < -0.3 is 10.6 Å². The molecule has 1 aliphatic heterocycles. The van der Waals surface area contributed by atoms with E-state index in [2.05, 4.69) is 10.6 Å². The average molecular weight is 346 g/mol. The number of hydrogen-bond acceptors (Lipinski definition) is 3. The molecule has 6 nitrogen and oxygen atoms in total. The van der Waals surface area contributed by atoms with Crippen LogP contribution in [0.3, 0.4) is 0 Å². The molecule has 0 bridgehead atoms. The number of anilines is 1. The summed E-state index contributed by atoms with van der Waals surface area (Å²) in [4.78, 5) is 12.0. The highest BCUT2D eigenvalue weighted by Gasteiger charge is 2.26. The SMILES string of the molecule is Cc1ccc(NC(=O)N[C@@H]2CCCN(S(C)(=O)=O)C2)cc1Cl. The van der Waals surface area contributed by atoms with Crippen molar-refractivity contribution in [2.45, 2.75) is 25.8 Å². The first-order chi connectivity index (χ1) is 10.3. The maximum atomic E-state index is 12.0. The second kappa shape index (κ2) is 6.85. The molecule has 2 rings (SSSR count). The van der Waals surface area contributed by atoms with Crippen LogP contribution >= 0.6 is 11.6 Å². The molecule has 0 aromatic heterocycles. The smallest absolute Gasteiger partial charge is 0.319 e. The highest BCUT2D eigenvalue weighted by molar-refractivity contribution is 7.88. The van der Waals surface area contributed by atoms with E-state index in [-0.39, 0.29) is 12.1 Å². The number of urea groups is 1. The molecule has 1 aliphatic rings. The number of piperidine rings is 1. The Morgan fingerprint density at radius 3 is 2.77 bits per heavy atom. The van der Waals surface area contributed by atoms with Gasteiger partial charge in [-0.3, -0.25) is 0 Å². The summed E-state index contributed by atoms with van der Waals surface area (Å²) >= 11 is 6.01. The van der Waals surface area contributed by atoms with Crippen LogP contribution in [0.15, 0.2) is 18.2 Å². The highest BCUT2D eigenvalue weighted by atomic mass is 35.5. The summed E-state index contributed by atoms with van der Waals surface area (Å²) in [5.41, 5.74) is 1.53. The first-order valence-electron chi connectivity index (χ1n) is 7.04. The zero-order valence-electron chi connectivity index (χ0n) is 12.6. The third-order valence-corrected chi connectivity index (χ3v) is 5.29. The molecular formula is C14H20ClN3O3S. The van der Waals surface area contributed by atoms with Crippen molar-refractivity contribution >= 4 is 33.3 Å². The molecule has 1 aromatic carbocycles. The van der Waals surface area contributed by atoms with Crippen molar-refractivity contribution in [1.82, 2.24) is 9.62 Å². The van der Waals surface area contributed by atoms with Crippen molar-refractivity contribution in [3.05, 3.63) is 28.8 Å². The molecule has 0 unspecified atom stereocenters. The quantitative estimate of drug-likeness (QED) is 0.881. The molecule has 1 fully saturated rings. The second-order valence-electron chi connectivity index (χ2n) is 5.52. The van der Waals surface area contributed by atoms with Crippen molar-refractivity contribution in [3.8, 4) is 0 Å². The number of carbonyl (C=O) groups excluding carboxylic acids is 1. The first-order valence-corrected chi connectivity index (χ1v) is 9.27. The van der Waals surface area contributed by atoms with Crippen LogP contribution < -0.4 is 10.6 Å². The molecule has 2 amide bonds. The zero-order valence-corrected chi connectivity index (χ0v) is 14.2. The second-order valence-corrected chi connectivity index (χ2v) is 7.91. The van der Waals surface area contributed by atoms with Crippen molar-refractivity contribution < 1.29 is 13.2 Å². The van der Waals surface area contributed by atoms with Gasteiger partial charge in [-0.05, 0) is 37.5 Å². The number of aryl methyl sites for hydroxylation is 1. The van der Waals surface area contributed by atoms with Crippen molar-refractivity contribution in [1.29, 1.82) is 0 Å². The number of nitrogens with zero attached hydrogens (tertiary/aromatic N) is 1. The number of hydrogen-bond donors (Lipinski definition) is 2. The Morgan fingerprint density at radius 1 is 1.41 bits per heavy atom. The Balaban J connectivity index is 1.92. The fourth-order valence-electron chi connectivity index (χ4n) is 2.38. The summed E-state index contributed by atoms with van der Waals surface area (Å²) in [6, 6.07) is 4.72. The van der Waals surface area contributed by atoms with E-state index in [0.29, 0.717) is 23.8 Å². The summed E-state index contributed by atoms with van der Waals surface area (Å²) in [5.74, 6) is 0. The van der Waals surface area contributed by atoms with Crippen LogP contribution in [0.25, 0.3) is 0 Å². The van der Waals surface area contributed by atoms with Gasteiger partial charge in [-0.25, -0.2) is 17.5 Å². The van der Waals surface area contributed by atoms with Gasteiger partial charge in [0, 0.05) is 29.8 Å². The fourth-order valence-corrected chi connectivity index (χ4v) is 3.48. The van der Waals surface area contributed by atoms with Crippen molar-refractivity contribution in [2.75, 3.05) is 24.7 Å². The van der Waals surface area contributed by atoms with Crippen LogP contribution in [0.5, 0.6) is 0 Å². The molecule has 1 aromatic rings. The lowest BCUT2D eigenvalue weighted by atomic mass is 10.1. The largest absolute Gasteiger partial charge is 0.334 e. The maximum Gasteiger partial charge on any atom is 0.319 e. The first kappa shape index (κ1) is 17.1. The van der Waals surface area contributed by atoms with Crippen molar-refractivity contribution in [2.24, 2.45) is 0 Å². The Kier molecular flexibility index (Phi) is 5.31. The van der Waals surface area contributed by atoms with E-state index >= 15 is 0 Å². The summed E-state index contributed by atoms with van der Waals surface area (Å²) in [5, 5.41) is 6.09. The van der Waals surface area contributed by atoms with Gasteiger partial charge in [0.2, 0.25) is 10.0 Å². The Labute approximate surface area is 135 Å². The Hall–Kier alpha value is -1.31. The van der Waals surface area contributed by atoms with Crippen LogP contribution in [0.1, 0.15) is 18.4 Å². The van der Waals surface area contributed by atoms with Crippen molar-refractivity contribution in [3.63, 3.8) is 0 Å². The molecule has 0 aliphatic carbocycles. The highest BCUT2D eigenvalue weighted by Crippen LogP contribution is 2.20. The van der Waals surface area contributed by atoms with Gasteiger partial charge in [-0.2, -0.15) is 0 Å². The third-order valence-electron chi connectivity index (χ3n) is 3.62. The minimum Gasteiger partial charge on any atom is -0.334 e. The molecule has 22 heavy (non-hydrogen) atoms. The number of carbonyl (C=O) groups is 1. The number of benzene rings is 1. The minimum absolute atomic E-state index is 0.190. The fraction of sp³-hybridized carbons (Fsp3) is 0.500. The molecule has 0 spiro atoms. The number of sulfonamides is 1. The van der Waals surface area contributed by atoms with Gasteiger partial charge in [-0.1, -0.05) is 17.7 Å². The van der Waals surface area contributed by atoms with Gasteiger partial charge in [0.25, 0.3) is 0 Å². The third kappa shape index (κ3) is 4.59. The van der Waals surface area contributed by atoms with Crippen LogP contribution in [0.4, 0.5) is 10.5 Å². The number of amides is 2. The molecule has 0 saturated carbocycles. The van der Waals surface area contributed by atoms with Crippen LogP contribution in [-0.2, 0) is 10.0 Å². The summed E-state index contributed by atoms with van der Waals surface area (Å²) in [7, 11) is -3.22. The summed E-state index contributed by atoms with van der Waals surface area (Å²) < 4.78 is 24.5. The van der Waals surface area contributed by atoms with Gasteiger partial charge >= 0.3 is 6.03 Å². The number of rotatable bonds is 3. The molecular weight excluding hydrogens is 326 g/mol. The monoisotopic (exact) mass is 345 g/mol. The van der Waals surface area contributed by atoms with Gasteiger partial charge in [0.05, 0.1) is 6.26 Å². The van der Waals surface area contributed by atoms with E-state index in [0.717, 1.165) is 18.4 Å². The van der Waals surface area contributed by atoms with E-state index in [4.69, 9.17) is 11.6 Å². The maximum absolute atomic E-state index is 12.0. The van der Waals surface area contributed by atoms with Crippen LogP contribution in [-0.4, -0.2) is 44.1 Å². The lowest BCUT2D eigenvalue weighted by Gasteiger charge is -2.31. The predicted molar refractivity (Wildman–Crippen MR) is 87.8 cm³/mol. The molecule has 1 saturated heterocycles. The summed E-state index contributed by atoms with van der Waals surface area (Å²) in [6.45, 7) is 2.70. The molecule has 1 atom stereocenters. The minimum atomic E-state index is -3.22. The van der Waals surface area contributed by atoms with Gasteiger partial charge in [0.15, 0.2) is 0 Å². The van der Waals surface area contributed by atoms with E-state index < -0.39 is 10.0 Å². The predicted octanol–water partition coefficient (Wildman–Crippen LogP) is 2.19. The molecule has 1 heterocycles. The normalized spacial score (nSPS) is 19.7. The topological polar surface area (TPSA) is 78.5 Å². The van der Waals surface area contributed by atoms with E-state index in [9.17, 15) is 13.2 Å². The Bertz CT molecular complexity index is 663. The summed E-state index contributed by atoms with van der Waals surface area (Å²) in [6.07, 6.45) is 2.67. The lowest BCUT2D eigenvalue weighted by molar-refractivity contribution is 0.236. The van der Waals surface area contributed by atoms with Gasteiger partial charge in [-0.15, -0.1) is 0 Å². The average Bonchev–Trinajstić information content (AvgIpc) is 2.42. The number of halogens is 1. The van der Waals surface area contributed by atoms with E-state index in [1.54, 1.807) is 12.1 Å². The zero-order chi connectivity index (χ0) is 16.3. The lowest BCUT2D eigenvalue weighted by Crippen LogP contribution is -2.50.